The molecule has 106 valence electrons. The van der Waals surface area contributed by atoms with Crippen molar-refractivity contribution in [2.75, 3.05) is 0 Å². The van der Waals surface area contributed by atoms with Crippen LogP contribution in [0.25, 0.3) is 0 Å². The number of hydrogen-bond acceptors (Lipinski definition) is 2. The summed E-state index contributed by atoms with van der Waals surface area (Å²) in [6, 6.07) is 2.71. The minimum Gasteiger partial charge on any atom is -0.294 e. The van der Waals surface area contributed by atoms with E-state index in [1.165, 1.54) is 0 Å². The maximum absolute atomic E-state index is 13.5. The third-order valence-corrected chi connectivity index (χ3v) is 2.82. The van der Waals surface area contributed by atoms with E-state index in [0.29, 0.717) is 17.8 Å². The van der Waals surface area contributed by atoms with Crippen LogP contribution in [0.4, 0.5) is 13.2 Å². The van der Waals surface area contributed by atoms with Crippen LogP contribution in [0.3, 0.4) is 0 Å². The molecular formula is C14H13F3N2O. The lowest BCUT2D eigenvalue weighted by molar-refractivity contribution is 0.0983. The molecule has 1 aromatic heterocycles. The Bertz CT molecular complexity index is 627. The number of halogens is 3. The Morgan fingerprint density at radius 1 is 1.25 bits per heavy atom. The SMILES string of the molecule is CC(C)n1ccc(CC(=O)c2c(F)cc(F)cc2F)n1. The van der Waals surface area contributed by atoms with Crippen LogP contribution in [-0.4, -0.2) is 15.6 Å². The molecule has 0 aliphatic rings. The van der Waals surface area contributed by atoms with Gasteiger partial charge in [0.25, 0.3) is 0 Å². The van der Waals surface area contributed by atoms with Gasteiger partial charge in [0.15, 0.2) is 5.78 Å². The number of carbonyl (C=O) groups is 1. The van der Waals surface area contributed by atoms with Crippen molar-refractivity contribution in [1.29, 1.82) is 0 Å². The van der Waals surface area contributed by atoms with Crippen molar-refractivity contribution in [3.63, 3.8) is 0 Å². The number of rotatable bonds is 4. The van der Waals surface area contributed by atoms with Crippen LogP contribution < -0.4 is 0 Å². The molecule has 0 N–H and O–H groups in total. The summed E-state index contributed by atoms with van der Waals surface area (Å²) in [6.07, 6.45) is 1.45. The molecular weight excluding hydrogens is 269 g/mol. The second-order valence-corrected chi connectivity index (χ2v) is 4.73. The molecule has 0 fully saturated rings. The highest BCUT2D eigenvalue weighted by Crippen LogP contribution is 2.17. The summed E-state index contributed by atoms with van der Waals surface area (Å²) in [5, 5.41) is 4.13. The van der Waals surface area contributed by atoms with Crippen molar-refractivity contribution < 1.29 is 18.0 Å². The third-order valence-electron chi connectivity index (χ3n) is 2.82. The van der Waals surface area contributed by atoms with Crippen molar-refractivity contribution in [2.45, 2.75) is 26.3 Å². The van der Waals surface area contributed by atoms with E-state index >= 15 is 0 Å². The Balaban J connectivity index is 2.24. The van der Waals surface area contributed by atoms with Crippen molar-refractivity contribution in [3.05, 3.63) is 53.1 Å². The van der Waals surface area contributed by atoms with Gasteiger partial charge in [-0.25, -0.2) is 13.2 Å². The zero-order valence-electron chi connectivity index (χ0n) is 11.0. The van der Waals surface area contributed by atoms with E-state index in [1.54, 1.807) is 16.9 Å². The largest absolute Gasteiger partial charge is 0.294 e. The van der Waals surface area contributed by atoms with Gasteiger partial charge >= 0.3 is 0 Å². The van der Waals surface area contributed by atoms with Crippen LogP contribution in [0, 0.1) is 17.5 Å². The minimum atomic E-state index is -1.20. The molecule has 0 radical (unpaired) electrons. The van der Waals surface area contributed by atoms with Gasteiger partial charge in [-0.05, 0) is 19.9 Å². The van der Waals surface area contributed by atoms with Gasteiger partial charge in [-0.15, -0.1) is 0 Å². The molecule has 0 unspecified atom stereocenters. The molecule has 6 heteroatoms. The monoisotopic (exact) mass is 282 g/mol. The molecule has 0 bridgehead atoms. The van der Waals surface area contributed by atoms with Crippen LogP contribution in [0.2, 0.25) is 0 Å². The van der Waals surface area contributed by atoms with E-state index in [9.17, 15) is 18.0 Å². The van der Waals surface area contributed by atoms with Crippen LogP contribution >= 0.6 is 0 Å². The molecule has 0 atom stereocenters. The van der Waals surface area contributed by atoms with Crippen LogP contribution in [0.1, 0.15) is 35.9 Å². The van der Waals surface area contributed by atoms with E-state index < -0.39 is 28.8 Å². The van der Waals surface area contributed by atoms with Gasteiger partial charge in [0.1, 0.15) is 17.5 Å². The maximum Gasteiger partial charge on any atom is 0.174 e. The van der Waals surface area contributed by atoms with Gasteiger partial charge in [-0.1, -0.05) is 0 Å². The molecule has 20 heavy (non-hydrogen) atoms. The molecule has 1 aromatic carbocycles. The van der Waals surface area contributed by atoms with Gasteiger partial charge in [0.05, 0.1) is 17.7 Å². The third kappa shape index (κ3) is 2.89. The quantitative estimate of drug-likeness (QED) is 0.806. The molecule has 0 aliphatic heterocycles. The summed E-state index contributed by atoms with van der Waals surface area (Å²) in [4.78, 5) is 11.9. The van der Waals surface area contributed by atoms with Crippen molar-refractivity contribution in [2.24, 2.45) is 0 Å². The summed E-state index contributed by atoms with van der Waals surface area (Å²) >= 11 is 0. The fourth-order valence-electron chi connectivity index (χ4n) is 1.82. The number of Topliss-reactive ketones (excluding diaryl/α,β-unsaturated/α-hetero) is 1. The highest BCUT2D eigenvalue weighted by molar-refractivity contribution is 5.97. The molecule has 2 rings (SSSR count). The lowest BCUT2D eigenvalue weighted by Gasteiger charge is -2.05. The number of ketones is 1. The van der Waals surface area contributed by atoms with E-state index in [0.717, 1.165) is 0 Å². The Labute approximate surface area is 114 Å². The van der Waals surface area contributed by atoms with E-state index in [4.69, 9.17) is 0 Å². The smallest absolute Gasteiger partial charge is 0.174 e. The van der Waals surface area contributed by atoms with Gasteiger partial charge < -0.3 is 0 Å². The first-order valence-corrected chi connectivity index (χ1v) is 6.10. The number of hydrogen-bond donors (Lipinski definition) is 0. The number of aromatic nitrogens is 2. The number of benzene rings is 1. The molecule has 0 saturated carbocycles. The average Bonchev–Trinajstić information content (AvgIpc) is 2.75. The van der Waals surface area contributed by atoms with Crippen molar-refractivity contribution >= 4 is 5.78 Å². The predicted octanol–water partition coefficient (Wildman–Crippen LogP) is 3.31. The highest BCUT2D eigenvalue weighted by atomic mass is 19.1. The second-order valence-electron chi connectivity index (χ2n) is 4.73. The van der Waals surface area contributed by atoms with E-state index in [2.05, 4.69) is 5.10 Å². The van der Waals surface area contributed by atoms with Crippen molar-refractivity contribution in [1.82, 2.24) is 9.78 Å². The summed E-state index contributed by atoms with van der Waals surface area (Å²) in [7, 11) is 0. The topological polar surface area (TPSA) is 34.9 Å². The first-order chi connectivity index (χ1) is 9.38. The van der Waals surface area contributed by atoms with Gasteiger partial charge in [-0.2, -0.15) is 5.10 Å². The molecule has 0 spiro atoms. The maximum atomic E-state index is 13.5. The van der Waals surface area contributed by atoms with E-state index in [-0.39, 0.29) is 12.5 Å². The lowest BCUT2D eigenvalue weighted by atomic mass is 10.1. The standard InChI is InChI=1S/C14H13F3N2O/c1-8(2)19-4-3-10(18-19)7-13(20)14-11(16)5-9(15)6-12(14)17/h3-6,8H,7H2,1-2H3. The average molecular weight is 282 g/mol. The zero-order chi connectivity index (χ0) is 14.9. The normalized spacial score (nSPS) is 11.1. The van der Waals surface area contributed by atoms with Crippen LogP contribution in [0.5, 0.6) is 0 Å². The fraction of sp³-hybridized carbons (Fsp3) is 0.286. The molecule has 1 heterocycles. The molecule has 2 aromatic rings. The Morgan fingerprint density at radius 2 is 1.85 bits per heavy atom. The Kier molecular flexibility index (Phi) is 3.92. The molecule has 0 amide bonds. The number of carbonyl (C=O) groups excluding carboxylic acids is 1. The van der Waals surface area contributed by atoms with Gasteiger partial charge in [0, 0.05) is 24.4 Å². The molecule has 0 saturated heterocycles. The highest BCUT2D eigenvalue weighted by Gasteiger charge is 2.20. The molecule has 0 aliphatic carbocycles. The molecule has 3 nitrogen and oxygen atoms in total. The first-order valence-electron chi connectivity index (χ1n) is 6.10. The lowest BCUT2D eigenvalue weighted by Crippen LogP contribution is -2.11. The number of nitrogens with zero attached hydrogens (tertiary/aromatic N) is 2. The van der Waals surface area contributed by atoms with Gasteiger partial charge in [0.2, 0.25) is 0 Å². The predicted molar refractivity (Wildman–Crippen MR) is 67.0 cm³/mol. The second kappa shape index (κ2) is 5.48. The fourth-order valence-corrected chi connectivity index (χ4v) is 1.82. The van der Waals surface area contributed by atoms with Gasteiger partial charge in [-0.3, -0.25) is 9.48 Å². The van der Waals surface area contributed by atoms with Crippen LogP contribution in [0.15, 0.2) is 24.4 Å². The Morgan fingerprint density at radius 3 is 2.35 bits per heavy atom. The summed E-state index contributed by atoms with van der Waals surface area (Å²) in [6.45, 7) is 3.83. The first kappa shape index (κ1) is 14.3. The summed E-state index contributed by atoms with van der Waals surface area (Å²) < 4.78 is 41.4. The Hall–Kier alpha value is -2.11. The zero-order valence-corrected chi connectivity index (χ0v) is 11.0. The van der Waals surface area contributed by atoms with E-state index in [1.807, 2.05) is 13.8 Å². The summed E-state index contributed by atoms with van der Waals surface area (Å²) in [5.41, 5.74) is -0.322. The van der Waals surface area contributed by atoms with Crippen molar-refractivity contribution in [3.8, 4) is 0 Å². The summed E-state index contributed by atoms with van der Waals surface area (Å²) in [5.74, 6) is -4.22. The van der Waals surface area contributed by atoms with Crippen LogP contribution in [-0.2, 0) is 6.42 Å². The minimum absolute atomic E-state index is 0.123.